The lowest BCUT2D eigenvalue weighted by atomic mass is 10.1. The highest BCUT2D eigenvalue weighted by atomic mass is 35.5. The Morgan fingerprint density at radius 1 is 1.03 bits per heavy atom. The van der Waals surface area contributed by atoms with Crippen molar-refractivity contribution in [1.82, 2.24) is 5.32 Å². The van der Waals surface area contributed by atoms with Crippen LogP contribution in [0.2, 0.25) is 10.0 Å². The van der Waals surface area contributed by atoms with Gasteiger partial charge in [0.15, 0.2) is 0 Å². The molecule has 0 fully saturated rings. The highest BCUT2D eigenvalue weighted by Gasteiger charge is 2.03. The summed E-state index contributed by atoms with van der Waals surface area (Å²) in [5.74, 6) is 0. The SMILES string of the molecule is C=C/C=C\C(C(=C)NCc1ccc(Cl)c(Cl)c1)=C(C)C.CCc1cccc(C)c1. The van der Waals surface area contributed by atoms with Crippen LogP contribution < -0.4 is 5.32 Å². The average Bonchev–Trinajstić information content (AvgIpc) is 2.69. The summed E-state index contributed by atoms with van der Waals surface area (Å²) < 4.78 is 0. The maximum Gasteiger partial charge on any atom is 0.0595 e. The van der Waals surface area contributed by atoms with Gasteiger partial charge in [0, 0.05) is 12.2 Å². The van der Waals surface area contributed by atoms with Gasteiger partial charge in [-0.2, -0.15) is 0 Å². The number of benzene rings is 2. The first-order valence-electron chi connectivity index (χ1n) is 9.67. The molecule has 29 heavy (non-hydrogen) atoms. The third-order valence-electron chi connectivity index (χ3n) is 4.24. The van der Waals surface area contributed by atoms with Crippen LogP contribution in [0.5, 0.6) is 0 Å². The molecule has 0 saturated heterocycles. The van der Waals surface area contributed by atoms with Gasteiger partial charge in [0.25, 0.3) is 0 Å². The Balaban J connectivity index is 0.000000387. The first-order valence-corrected chi connectivity index (χ1v) is 10.4. The van der Waals surface area contributed by atoms with Crippen LogP contribution in [0.15, 0.2) is 90.7 Å². The van der Waals surface area contributed by atoms with Gasteiger partial charge in [-0.25, -0.2) is 0 Å². The number of hydrogen-bond donors (Lipinski definition) is 1. The molecule has 2 aromatic rings. The summed E-state index contributed by atoms with van der Waals surface area (Å²) in [5, 5.41) is 4.42. The molecule has 1 N–H and O–H groups in total. The van der Waals surface area contributed by atoms with Gasteiger partial charge in [0.05, 0.1) is 10.0 Å². The lowest BCUT2D eigenvalue weighted by Gasteiger charge is -2.13. The Morgan fingerprint density at radius 3 is 2.28 bits per heavy atom. The van der Waals surface area contributed by atoms with Crippen molar-refractivity contribution in [1.29, 1.82) is 0 Å². The van der Waals surface area contributed by atoms with Crippen molar-refractivity contribution in [3.05, 3.63) is 117 Å². The molecule has 0 radical (unpaired) electrons. The molecule has 0 bridgehead atoms. The zero-order valence-corrected chi connectivity index (χ0v) is 19.4. The van der Waals surface area contributed by atoms with E-state index in [0.29, 0.717) is 16.6 Å². The van der Waals surface area contributed by atoms with Crippen LogP contribution in [0, 0.1) is 6.92 Å². The number of allylic oxidation sites excluding steroid dienone is 4. The molecular formula is C26H31Cl2N. The van der Waals surface area contributed by atoms with E-state index in [2.05, 4.69) is 70.4 Å². The van der Waals surface area contributed by atoms with E-state index in [-0.39, 0.29) is 0 Å². The third-order valence-corrected chi connectivity index (χ3v) is 4.98. The molecule has 0 unspecified atom stereocenters. The van der Waals surface area contributed by atoms with Gasteiger partial charge < -0.3 is 5.32 Å². The molecule has 2 aromatic carbocycles. The Bertz CT molecular complexity index is 887. The van der Waals surface area contributed by atoms with Crippen LogP contribution in [0.4, 0.5) is 0 Å². The summed E-state index contributed by atoms with van der Waals surface area (Å²) in [5.41, 5.74) is 6.97. The van der Waals surface area contributed by atoms with E-state index in [1.807, 2.05) is 24.3 Å². The number of hydrogen-bond acceptors (Lipinski definition) is 1. The number of rotatable bonds is 7. The van der Waals surface area contributed by atoms with Gasteiger partial charge >= 0.3 is 0 Å². The molecule has 0 aliphatic carbocycles. The van der Waals surface area contributed by atoms with Crippen molar-refractivity contribution in [3.63, 3.8) is 0 Å². The molecule has 0 atom stereocenters. The molecule has 0 amide bonds. The average molecular weight is 428 g/mol. The zero-order valence-electron chi connectivity index (χ0n) is 17.9. The second kappa shape index (κ2) is 13.1. The minimum atomic E-state index is 0.561. The molecule has 0 aliphatic rings. The molecule has 3 heteroatoms. The Kier molecular flexibility index (Phi) is 11.2. The van der Waals surface area contributed by atoms with E-state index in [0.717, 1.165) is 23.3 Å². The number of aryl methyl sites for hydroxylation is 2. The van der Waals surface area contributed by atoms with Crippen LogP contribution in [-0.4, -0.2) is 0 Å². The standard InChI is InChI=1S/C17H19Cl2N.C9H12/c1-5-6-7-15(12(2)3)13(4)20-11-14-8-9-16(18)17(19)10-14;1-3-9-6-4-5-8(2)7-9/h5-10,20H,1,4,11H2,2-3H3;4-7H,3H2,1-2H3/b7-6-;. The van der Waals surface area contributed by atoms with E-state index in [9.17, 15) is 0 Å². The first-order chi connectivity index (χ1) is 13.8. The van der Waals surface area contributed by atoms with Gasteiger partial charge in [-0.15, -0.1) is 0 Å². The van der Waals surface area contributed by atoms with Crippen molar-refractivity contribution in [2.75, 3.05) is 0 Å². The smallest absolute Gasteiger partial charge is 0.0595 e. The highest BCUT2D eigenvalue weighted by molar-refractivity contribution is 6.42. The molecule has 2 rings (SSSR count). The van der Waals surface area contributed by atoms with Crippen molar-refractivity contribution in [2.45, 2.75) is 40.7 Å². The molecule has 0 aliphatic heterocycles. The normalized spacial score (nSPS) is 10.1. The largest absolute Gasteiger partial charge is 0.381 e. The van der Waals surface area contributed by atoms with Gasteiger partial charge in [-0.3, -0.25) is 0 Å². The summed E-state index contributed by atoms with van der Waals surface area (Å²) in [6.07, 6.45) is 6.78. The Labute approximate surface area is 186 Å². The summed E-state index contributed by atoms with van der Waals surface area (Å²) >= 11 is 11.9. The fourth-order valence-corrected chi connectivity index (χ4v) is 2.94. The molecule has 0 spiro atoms. The van der Waals surface area contributed by atoms with Crippen molar-refractivity contribution in [2.24, 2.45) is 0 Å². The second-order valence-corrected chi connectivity index (χ2v) is 7.75. The summed E-state index contributed by atoms with van der Waals surface area (Å²) in [6.45, 7) is 16.8. The van der Waals surface area contributed by atoms with Crippen LogP contribution in [-0.2, 0) is 13.0 Å². The molecule has 154 valence electrons. The highest BCUT2D eigenvalue weighted by Crippen LogP contribution is 2.23. The molecule has 0 heterocycles. The summed E-state index contributed by atoms with van der Waals surface area (Å²) in [7, 11) is 0. The second-order valence-electron chi connectivity index (χ2n) is 6.93. The number of nitrogens with one attached hydrogen (secondary N) is 1. The van der Waals surface area contributed by atoms with Crippen LogP contribution in [0.1, 0.15) is 37.5 Å². The molecule has 0 saturated carbocycles. The van der Waals surface area contributed by atoms with Gasteiger partial charge in [0.1, 0.15) is 0 Å². The van der Waals surface area contributed by atoms with E-state index in [1.165, 1.54) is 16.7 Å². The van der Waals surface area contributed by atoms with Gasteiger partial charge in [-0.05, 0) is 56.0 Å². The summed E-state index contributed by atoms with van der Waals surface area (Å²) in [4.78, 5) is 0. The van der Waals surface area contributed by atoms with E-state index < -0.39 is 0 Å². The van der Waals surface area contributed by atoms with Crippen molar-refractivity contribution < 1.29 is 0 Å². The van der Waals surface area contributed by atoms with Gasteiger partial charge in [0.2, 0.25) is 0 Å². The number of halogens is 2. The van der Waals surface area contributed by atoms with Crippen LogP contribution >= 0.6 is 23.2 Å². The van der Waals surface area contributed by atoms with Gasteiger partial charge in [-0.1, -0.05) is 103 Å². The Morgan fingerprint density at radius 2 is 1.76 bits per heavy atom. The monoisotopic (exact) mass is 427 g/mol. The van der Waals surface area contributed by atoms with Crippen molar-refractivity contribution >= 4 is 23.2 Å². The fourth-order valence-electron chi connectivity index (χ4n) is 2.62. The minimum absolute atomic E-state index is 0.561. The summed E-state index contributed by atoms with van der Waals surface area (Å²) in [6, 6.07) is 14.2. The fraction of sp³-hybridized carbons (Fsp3) is 0.231. The van der Waals surface area contributed by atoms with E-state index in [1.54, 1.807) is 12.1 Å². The quantitative estimate of drug-likeness (QED) is 0.438. The van der Waals surface area contributed by atoms with Crippen molar-refractivity contribution in [3.8, 4) is 0 Å². The third kappa shape index (κ3) is 9.21. The predicted molar refractivity (Wildman–Crippen MR) is 131 cm³/mol. The Hall–Kier alpha value is -2.22. The molecular weight excluding hydrogens is 397 g/mol. The van der Waals surface area contributed by atoms with Crippen LogP contribution in [0.3, 0.4) is 0 Å². The molecule has 1 nitrogen and oxygen atoms in total. The van der Waals surface area contributed by atoms with E-state index in [4.69, 9.17) is 23.2 Å². The molecule has 0 aromatic heterocycles. The first kappa shape index (κ1) is 24.8. The lowest BCUT2D eigenvalue weighted by molar-refractivity contribution is 0.825. The lowest BCUT2D eigenvalue weighted by Crippen LogP contribution is -2.13. The van der Waals surface area contributed by atoms with Crippen LogP contribution in [0.25, 0.3) is 0 Å². The van der Waals surface area contributed by atoms with E-state index >= 15 is 0 Å². The maximum atomic E-state index is 6.00. The minimum Gasteiger partial charge on any atom is -0.381 e. The predicted octanol–water partition coefficient (Wildman–Crippen LogP) is 8.23. The topological polar surface area (TPSA) is 12.0 Å². The zero-order chi connectivity index (χ0) is 21.8. The maximum absolute atomic E-state index is 6.00.